The summed E-state index contributed by atoms with van der Waals surface area (Å²) in [6.45, 7) is 10.8. The van der Waals surface area contributed by atoms with Gasteiger partial charge in [-0.05, 0) is 38.3 Å². The topological polar surface area (TPSA) is 18.5 Å². The normalized spacial score (nSPS) is 24.0. The summed E-state index contributed by atoms with van der Waals surface area (Å²) >= 11 is 0. The lowest BCUT2D eigenvalue weighted by atomic mass is 10.0. The molecule has 0 aromatic heterocycles. The van der Waals surface area contributed by atoms with Gasteiger partial charge in [0.1, 0.15) is 0 Å². The summed E-state index contributed by atoms with van der Waals surface area (Å²) < 4.78 is 12.7. The van der Waals surface area contributed by atoms with Gasteiger partial charge in [0.05, 0.1) is 12.2 Å². The highest BCUT2D eigenvalue weighted by molar-refractivity contribution is 7.73. The average Bonchev–Trinajstić information content (AvgIpc) is 2.93. The second kappa shape index (κ2) is 7.58. The highest BCUT2D eigenvalue weighted by Gasteiger charge is 2.47. The highest BCUT2D eigenvalue weighted by Crippen LogP contribution is 2.47. The zero-order valence-corrected chi connectivity index (χ0v) is 16.7. The van der Waals surface area contributed by atoms with Crippen molar-refractivity contribution in [1.82, 2.24) is 0 Å². The molecule has 25 heavy (non-hydrogen) atoms. The third kappa shape index (κ3) is 4.14. The minimum Gasteiger partial charge on any atom is -0.344 e. The summed E-state index contributed by atoms with van der Waals surface area (Å²) in [5.74, 6) is -0.0833. The van der Waals surface area contributed by atoms with Gasteiger partial charge in [0.25, 0.3) is 0 Å². The van der Waals surface area contributed by atoms with Crippen LogP contribution in [0.15, 0.2) is 60.7 Å². The van der Waals surface area contributed by atoms with Crippen molar-refractivity contribution in [3.63, 3.8) is 0 Å². The molecule has 3 rings (SSSR count). The lowest BCUT2D eigenvalue weighted by Crippen LogP contribution is -2.38. The van der Waals surface area contributed by atoms with Gasteiger partial charge in [-0.1, -0.05) is 81.4 Å². The Morgan fingerprint density at radius 2 is 1.20 bits per heavy atom. The molecule has 1 aliphatic rings. The lowest BCUT2D eigenvalue weighted by molar-refractivity contribution is -0.149. The molecule has 1 heterocycles. The molecular formula is C22H29O2P. The molecule has 0 saturated carbocycles. The van der Waals surface area contributed by atoms with E-state index >= 15 is 0 Å². The maximum atomic E-state index is 6.40. The molecular weight excluding hydrogens is 327 g/mol. The Morgan fingerprint density at radius 1 is 0.760 bits per heavy atom. The predicted molar refractivity (Wildman–Crippen MR) is 107 cm³/mol. The van der Waals surface area contributed by atoms with Crippen molar-refractivity contribution in [2.45, 2.75) is 58.3 Å². The van der Waals surface area contributed by atoms with Gasteiger partial charge in [-0.25, -0.2) is 0 Å². The fraction of sp³-hybridized carbons (Fsp3) is 0.455. The first-order valence-electron chi connectivity index (χ1n) is 9.14. The quantitative estimate of drug-likeness (QED) is 0.724. The van der Waals surface area contributed by atoms with Crippen molar-refractivity contribution in [1.29, 1.82) is 0 Å². The first-order valence-corrected chi connectivity index (χ1v) is 10.5. The second-order valence-corrected chi connectivity index (χ2v) is 10.2. The van der Waals surface area contributed by atoms with Crippen molar-refractivity contribution >= 4 is 18.5 Å². The van der Waals surface area contributed by atoms with Gasteiger partial charge in [0.15, 0.2) is 5.79 Å². The van der Waals surface area contributed by atoms with Gasteiger partial charge >= 0.3 is 0 Å². The molecule has 2 aromatic rings. The summed E-state index contributed by atoms with van der Waals surface area (Å²) in [5.41, 5.74) is 0.369. The molecule has 3 unspecified atom stereocenters. The first-order chi connectivity index (χ1) is 11.9. The van der Waals surface area contributed by atoms with Gasteiger partial charge in [0.2, 0.25) is 0 Å². The molecule has 3 atom stereocenters. The highest BCUT2D eigenvalue weighted by atomic mass is 31.1. The average molecular weight is 356 g/mol. The smallest absolute Gasteiger partial charge is 0.163 e. The summed E-state index contributed by atoms with van der Waals surface area (Å²) in [7, 11) is -0.521. The van der Waals surface area contributed by atoms with Crippen LogP contribution >= 0.6 is 7.92 Å². The Balaban J connectivity index is 1.98. The summed E-state index contributed by atoms with van der Waals surface area (Å²) in [5, 5.41) is 2.79. The molecule has 0 amide bonds. The number of ether oxygens (including phenoxy) is 2. The zero-order valence-electron chi connectivity index (χ0n) is 15.8. The molecule has 1 saturated heterocycles. The van der Waals surface area contributed by atoms with Crippen molar-refractivity contribution in [3.05, 3.63) is 60.7 Å². The second-order valence-electron chi connectivity index (χ2n) is 7.59. The lowest BCUT2D eigenvalue weighted by Gasteiger charge is -2.33. The molecule has 0 aliphatic carbocycles. The molecule has 0 radical (unpaired) electrons. The Kier molecular flexibility index (Phi) is 5.63. The van der Waals surface area contributed by atoms with E-state index < -0.39 is 13.7 Å². The number of rotatable bonds is 5. The summed E-state index contributed by atoms with van der Waals surface area (Å²) in [6, 6.07) is 21.7. The molecule has 134 valence electrons. The number of hydrogen-bond acceptors (Lipinski definition) is 2. The van der Waals surface area contributed by atoms with E-state index in [-0.39, 0.29) is 12.2 Å². The number of benzene rings is 2. The monoisotopic (exact) mass is 356 g/mol. The fourth-order valence-corrected chi connectivity index (χ4v) is 6.40. The van der Waals surface area contributed by atoms with Crippen LogP contribution in [0.5, 0.6) is 0 Å². The molecule has 0 N–H and O–H groups in total. The predicted octanol–water partition coefficient (Wildman–Crippen LogP) is 4.68. The number of hydrogen-bond donors (Lipinski definition) is 0. The van der Waals surface area contributed by atoms with Crippen LogP contribution in [0, 0.1) is 5.92 Å². The Bertz CT molecular complexity index is 629. The summed E-state index contributed by atoms with van der Waals surface area (Å²) in [4.78, 5) is 0. The van der Waals surface area contributed by atoms with Crippen LogP contribution < -0.4 is 10.6 Å². The molecule has 2 nitrogen and oxygen atoms in total. The van der Waals surface area contributed by atoms with Gasteiger partial charge in [0, 0.05) is 5.66 Å². The third-order valence-electron chi connectivity index (χ3n) is 4.77. The SMILES string of the molecule is CC(C)C1OC(C)(C)OC1C(C)P(c1ccccc1)c1ccccc1. The van der Waals surface area contributed by atoms with Crippen molar-refractivity contribution in [3.8, 4) is 0 Å². The largest absolute Gasteiger partial charge is 0.344 e. The van der Waals surface area contributed by atoms with Crippen LogP contribution in [-0.2, 0) is 9.47 Å². The van der Waals surface area contributed by atoms with Gasteiger partial charge in [-0.2, -0.15) is 0 Å². The molecule has 2 aromatic carbocycles. The van der Waals surface area contributed by atoms with E-state index in [1.165, 1.54) is 10.6 Å². The molecule has 3 heteroatoms. The van der Waals surface area contributed by atoms with E-state index in [1.807, 2.05) is 13.8 Å². The summed E-state index contributed by atoms with van der Waals surface area (Å²) in [6.07, 6.45) is 0.226. The van der Waals surface area contributed by atoms with Crippen molar-refractivity contribution < 1.29 is 9.47 Å². The standard InChI is InChI=1S/C22H29O2P/c1-16(2)20-21(24-22(4,5)23-20)17(3)25(18-12-8-6-9-13-18)19-14-10-7-11-15-19/h6-17,20-21H,1-5H3. The van der Waals surface area contributed by atoms with E-state index in [0.29, 0.717) is 11.6 Å². The molecule has 0 bridgehead atoms. The Hall–Kier alpha value is -1.21. The minimum absolute atomic E-state index is 0.0986. The zero-order chi connectivity index (χ0) is 18.0. The van der Waals surface area contributed by atoms with Crippen LogP contribution in [0.1, 0.15) is 34.6 Å². The molecule has 1 fully saturated rings. The fourth-order valence-electron chi connectivity index (χ4n) is 3.65. The van der Waals surface area contributed by atoms with Crippen LogP contribution in [0.25, 0.3) is 0 Å². The maximum Gasteiger partial charge on any atom is 0.163 e. The van der Waals surface area contributed by atoms with Crippen LogP contribution in [0.3, 0.4) is 0 Å². The molecule has 1 aliphatic heterocycles. The van der Waals surface area contributed by atoms with Crippen LogP contribution in [0.4, 0.5) is 0 Å². The Labute approximate surface area is 153 Å². The van der Waals surface area contributed by atoms with E-state index in [9.17, 15) is 0 Å². The van der Waals surface area contributed by atoms with Gasteiger partial charge in [-0.15, -0.1) is 0 Å². The van der Waals surface area contributed by atoms with Crippen LogP contribution in [-0.4, -0.2) is 23.7 Å². The van der Waals surface area contributed by atoms with E-state index in [1.54, 1.807) is 0 Å². The van der Waals surface area contributed by atoms with Crippen molar-refractivity contribution in [2.24, 2.45) is 5.92 Å². The van der Waals surface area contributed by atoms with E-state index in [2.05, 4.69) is 81.4 Å². The first kappa shape index (κ1) is 18.6. The van der Waals surface area contributed by atoms with E-state index in [0.717, 1.165) is 0 Å². The third-order valence-corrected chi connectivity index (χ3v) is 7.59. The Morgan fingerprint density at radius 3 is 1.64 bits per heavy atom. The maximum absolute atomic E-state index is 6.40. The van der Waals surface area contributed by atoms with Gasteiger partial charge < -0.3 is 9.47 Å². The van der Waals surface area contributed by atoms with Gasteiger partial charge in [-0.3, -0.25) is 0 Å². The minimum atomic E-state index is -0.521. The van der Waals surface area contributed by atoms with E-state index in [4.69, 9.17) is 9.47 Å². The van der Waals surface area contributed by atoms with Crippen LogP contribution in [0.2, 0.25) is 0 Å². The molecule has 0 spiro atoms. The van der Waals surface area contributed by atoms with Crippen molar-refractivity contribution in [2.75, 3.05) is 0 Å².